The first-order chi connectivity index (χ1) is 14.9. The summed E-state index contributed by atoms with van der Waals surface area (Å²) in [5.41, 5.74) is 2.04. The highest BCUT2D eigenvalue weighted by Crippen LogP contribution is 2.28. The number of halogens is 2. The minimum atomic E-state index is -0.177. The fraction of sp³-hybridized carbons (Fsp3) is 0.435. The molecular weight excluding hydrogens is 437 g/mol. The molecule has 0 aliphatic carbocycles. The second kappa shape index (κ2) is 11.0. The minimum absolute atomic E-state index is 0.00754. The SMILES string of the molecule is COc1ccc(CN2CCN(CC(=O)NC(C)c3ccc(Cl)cc3Cl)CC2)cc1OC. The number of amides is 1. The zero-order valence-corrected chi connectivity index (χ0v) is 19.7. The van der Waals surface area contributed by atoms with Crippen molar-refractivity contribution in [3.8, 4) is 11.5 Å². The molecule has 1 N–H and O–H groups in total. The van der Waals surface area contributed by atoms with Crippen LogP contribution >= 0.6 is 23.2 Å². The molecule has 1 unspecified atom stereocenters. The van der Waals surface area contributed by atoms with Gasteiger partial charge in [-0.2, -0.15) is 0 Å². The molecule has 1 atom stereocenters. The van der Waals surface area contributed by atoms with Crippen LogP contribution in [0.5, 0.6) is 11.5 Å². The van der Waals surface area contributed by atoms with Gasteiger partial charge in [0.2, 0.25) is 5.91 Å². The van der Waals surface area contributed by atoms with Gasteiger partial charge in [0.25, 0.3) is 0 Å². The van der Waals surface area contributed by atoms with E-state index in [0.717, 1.165) is 49.8 Å². The van der Waals surface area contributed by atoms with Crippen molar-refractivity contribution in [3.05, 3.63) is 57.6 Å². The molecule has 1 fully saturated rings. The van der Waals surface area contributed by atoms with E-state index in [1.807, 2.05) is 25.1 Å². The Kier molecular flexibility index (Phi) is 8.43. The predicted octanol–water partition coefficient (Wildman–Crippen LogP) is 4.01. The normalized spacial score (nSPS) is 16.0. The van der Waals surface area contributed by atoms with Crippen molar-refractivity contribution in [2.75, 3.05) is 46.9 Å². The monoisotopic (exact) mass is 465 g/mol. The van der Waals surface area contributed by atoms with Crippen molar-refractivity contribution in [3.63, 3.8) is 0 Å². The zero-order valence-electron chi connectivity index (χ0n) is 18.2. The Hall–Kier alpha value is -1.99. The van der Waals surface area contributed by atoms with Gasteiger partial charge in [0.1, 0.15) is 0 Å². The average molecular weight is 466 g/mol. The molecule has 1 heterocycles. The van der Waals surface area contributed by atoms with Crippen LogP contribution in [0.4, 0.5) is 0 Å². The molecule has 8 heteroatoms. The Morgan fingerprint density at radius 1 is 1.00 bits per heavy atom. The van der Waals surface area contributed by atoms with Crippen molar-refractivity contribution in [1.29, 1.82) is 0 Å². The summed E-state index contributed by atoms with van der Waals surface area (Å²) < 4.78 is 10.7. The van der Waals surface area contributed by atoms with E-state index in [0.29, 0.717) is 16.6 Å². The number of hydrogen-bond donors (Lipinski definition) is 1. The van der Waals surface area contributed by atoms with Gasteiger partial charge in [-0.25, -0.2) is 0 Å². The van der Waals surface area contributed by atoms with Crippen LogP contribution in [0.1, 0.15) is 24.1 Å². The van der Waals surface area contributed by atoms with Gasteiger partial charge < -0.3 is 14.8 Å². The maximum atomic E-state index is 12.5. The molecule has 0 saturated carbocycles. The van der Waals surface area contributed by atoms with Gasteiger partial charge in [-0.15, -0.1) is 0 Å². The summed E-state index contributed by atoms with van der Waals surface area (Å²) in [5, 5.41) is 4.17. The first kappa shape index (κ1) is 23.7. The lowest BCUT2D eigenvalue weighted by Gasteiger charge is -2.34. The summed E-state index contributed by atoms with van der Waals surface area (Å²) in [4.78, 5) is 17.1. The minimum Gasteiger partial charge on any atom is -0.493 e. The largest absolute Gasteiger partial charge is 0.493 e. The lowest BCUT2D eigenvalue weighted by molar-refractivity contribution is -0.123. The highest BCUT2D eigenvalue weighted by molar-refractivity contribution is 6.35. The smallest absolute Gasteiger partial charge is 0.234 e. The van der Waals surface area contributed by atoms with Gasteiger partial charge in [-0.3, -0.25) is 14.6 Å². The van der Waals surface area contributed by atoms with E-state index in [9.17, 15) is 4.79 Å². The van der Waals surface area contributed by atoms with Gasteiger partial charge in [0.15, 0.2) is 11.5 Å². The van der Waals surface area contributed by atoms with Gasteiger partial charge in [0, 0.05) is 42.8 Å². The molecule has 0 aromatic heterocycles. The fourth-order valence-corrected chi connectivity index (χ4v) is 4.34. The third-order valence-electron chi connectivity index (χ3n) is 5.49. The van der Waals surface area contributed by atoms with E-state index in [4.69, 9.17) is 32.7 Å². The molecule has 0 radical (unpaired) electrons. The first-order valence-electron chi connectivity index (χ1n) is 10.3. The number of benzene rings is 2. The van der Waals surface area contributed by atoms with Gasteiger partial charge in [0.05, 0.1) is 26.8 Å². The predicted molar refractivity (Wildman–Crippen MR) is 124 cm³/mol. The molecule has 1 aliphatic rings. The molecule has 1 aliphatic heterocycles. The number of carbonyl (C=O) groups excluding carboxylic acids is 1. The van der Waals surface area contributed by atoms with Crippen molar-refractivity contribution >= 4 is 29.1 Å². The van der Waals surface area contributed by atoms with Crippen molar-refractivity contribution < 1.29 is 14.3 Å². The first-order valence-corrected chi connectivity index (χ1v) is 11.0. The van der Waals surface area contributed by atoms with Gasteiger partial charge >= 0.3 is 0 Å². The van der Waals surface area contributed by atoms with E-state index in [1.54, 1.807) is 26.4 Å². The Labute approximate surface area is 194 Å². The quantitative estimate of drug-likeness (QED) is 0.638. The molecule has 1 saturated heterocycles. The Morgan fingerprint density at radius 3 is 2.32 bits per heavy atom. The van der Waals surface area contributed by atoms with Crippen molar-refractivity contribution in [2.24, 2.45) is 0 Å². The summed E-state index contributed by atoms with van der Waals surface area (Å²) in [7, 11) is 3.28. The van der Waals surface area contributed by atoms with Crippen LogP contribution in [0.25, 0.3) is 0 Å². The number of ether oxygens (including phenoxy) is 2. The molecule has 3 rings (SSSR count). The molecular formula is C23H29Cl2N3O3. The van der Waals surface area contributed by atoms with Crippen molar-refractivity contribution in [1.82, 2.24) is 15.1 Å². The van der Waals surface area contributed by atoms with Crippen LogP contribution in [0.3, 0.4) is 0 Å². The topological polar surface area (TPSA) is 54.0 Å². The van der Waals surface area contributed by atoms with Crippen LogP contribution < -0.4 is 14.8 Å². The van der Waals surface area contributed by atoms with Crippen LogP contribution in [-0.2, 0) is 11.3 Å². The lowest BCUT2D eigenvalue weighted by atomic mass is 10.1. The number of hydrogen-bond acceptors (Lipinski definition) is 5. The number of methoxy groups -OCH3 is 2. The Balaban J connectivity index is 1.46. The second-order valence-corrected chi connectivity index (χ2v) is 8.54. The Morgan fingerprint density at radius 2 is 1.68 bits per heavy atom. The Bertz CT molecular complexity index is 902. The summed E-state index contributed by atoms with van der Waals surface area (Å²) >= 11 is 12.2. The maximum Gasteiger partial charge on any atom is 0.234 e. The van der Waals surface area contributed by atoms with E-state index >= 15 is 0 Å². The molecule has 31 heavy (non-hydrogen) atoms. The average Bonchev–Trinajstić information content (AvgIpc) is 2.74. The number of piperazine rings is 1. The summed E-state index contributed by atoms with van der Waals surface area (Å²) in [6.07, 6.45) is 0. The van der Waals surface area contributed by atoms with E-state index in [2.05, 4.69) is 21.2 Å². The molecule has 2 aromatic rings. The number of carbonyl (C=O) groups is 1. The van der Waals surface area contributed by atoms with Crippen LogP contribution in [0.15, 0.2) is 36.4 Å². The van der Waals surface area contributed by atoms with E-state index < -0.39 is 0 Å². The molecule has 0 spiro atoms. The summed E-state index contributed by atoms with van der Waals surface area (Å²) in [6, 6.07) is 11.2. The fourth-order valence-electron chi connectivity index (χ4n) is 3.76. The number of nitrogens with one attached hydrogen (secondary N) is 1. The standard InChI is InChI=1S/C23H29Cl2N3O3/c1-16(19-6-5-18(24)13-20(19)25)26-23(29)15-28-10-8-27(9-11-28)14-17-4-7-21(30-2)22(12-17)31-3/h4-7,12-13,16H,8-11,14-15H2,1-3H3,(H,26,29). The van der Waals surface area contributed by atoms with E-state index in [-0.39, 0.29) is 11.9 Å². The summed E-state index contributed by atoms with van der Waals surface area (Å²) in [5.74, 6) is 1.47. The van der Waals surface area contributed by atoms with E-state index in [1.165, 1.54) is 5.56 Å². The summed E-state index contributed by atoms with van der Waals surface area (Å²) in [6.45, 7) is 6.63. The zero-order chi connectivity index (χ0) is 22.4. The van der Waals surface area contributed by atoms with Gasteiger partial charge in [-0.05, 0) is 42.3 Å². The molecule has 6 nitrogen and oxygen atoms in total. The molecule has 168 valence electrons. The molecule has 1 amide bonds. The van der Waals surface area contributed by atoms with Crippen molar-refractivity contribution in [2.45, 2.75) is 19.5 Å². The van der Waals surface area contributed by atoms with Crippen LogP contribution in [0.2, 0.25) is 10.0 Å². The molecule has 0 bridgehead atoms. The van der Waals surface area contributed by atoms with Crippen LogP contribution in [0, 0.1) is 0 Å². The second-order valence-electron chi connectivity index (χ2n) is 7.70. The highest BCUT2D eigenvalue weighted by Gasteiger charge is 2.21. The van der Waals surface area contributed by atoms with Gasteiger partial charge in [-0.1, -0.05) is 35.3 Å². The number of nitrogens with zero attached hydrogens (tertiary/aromatic N) is 2. The lowest BCUT2D eigenvalue weighted by Crippen LogP contribution is -2.49. The third-order valence-corrected chi connectivity index (χ3v) is 6.06. The highest BCUT2D eigenvalue weighted by atomic mass is 35.5. The molecule has 2 aromatic carbocycles. The number of rotatable bonds is 8. The third kappa shape index (κ3) is 6.50. The maximum absolute atomic E-state index is 12.5. The van der Waals surface area contributed by atoms with Crippen LogP contribution in [-0.4, -0.2) is 62.7 Å².